The van der Waals surface area contributed by atoms with Crippen molar-refractivity contribution in [3.05, 3.63) is 35.9 Å². The lowest BCUT2D eigenvalue weighted by Gasteiger charge is -2.23. The van der Waals surface area contributed by atoms with Gasteiger partial charge in [0.1, 0.15) is 0 Å². The molecule has 1 N–H and O–H groups in total. The minimum Gasteiger partial charge on any atom is -0.348 e. The zero-order valence-electron chi connectivity index (χ0n) is 10.9. The zero-order valence-corrected chi connectivity index (χ0v) is 10.9. The second-order valence-corrected chi connectivity index (χ2v) is 4.23. The topological polar surface area (TPSA) is 32.3 Å². The van der Waals surface area contributed by atoms with Crippen LogP contribution in [0.25, 0.3) is 0 Å². The lowest BCUT2D eigenvalue weighted by atomic mass is 10.2. The van der Waals surface area contributed by atoms with Gasteiger partial charge in [-0.1, -0.05) is 32.0 Å². The third-order valence-corrected chi connectivity index (χ3v) is 2.84. The first-order valence-electron chi connectivity index (χ1n) is 6.25. The number of carbonyl (C=O) groups excluding carboxylic acids is 1. The summed E-state index contributed by atoms with van der Waals surface area (Å²) in [7, 11) is 0. The standard InChI is InChI=1S/C14H22N2O/c1-4-16(5-2)11-12(3)15-14(17)13-9-7-6-8-10-13/h6-10,12H,4-5,11H2,1-3H3,(H,15,17). The van der Waals surface area contributed by atoms with Gasteiger partial charge in [0.25, 0.3) is 5.91 Å². The summed E-state index contributed by atoms with van der Waals surface area (Å²) in [6, 6.07) is 9.51. The van der Waals surface area contributed by atoms with Crippen LogP contribution in [-0.2, 0) is 0 Å². The van der Waals surface area contributed by atoms with E-state index in [4.69, 9.17) is 0 Å². The fourth-order valence-electron chi connectivity index (χ4n) is 1.81. The van der Waals surface area contributed by atoms with Gasteiger partial charge in [-0.2, -0.15) is 0 Å². The van der Waals surface area contributed by atoms with Crippen molar-refractivity contribution in [2.24, 2.45) is 0 Å². The van der Waals surface area contributed by atoms with Crippen molar-refractivity contribution < 1.29 is 4.79 Å². The molecule has 0 aliphatic rings. The molecular weight excluding hydrogens is 212 g/mol. The van der Waals surface area contributed by atoms with E-state index >= 15 is 0 Å². The average Bonchev–Trinajstić information content (AvgIpc) is 2.37. The molecule has 1 atom stereocenters. The van der Waals surface area contributed by atoms with E-state index in [1.807, 2.05) is 37.3 Å². The molecule has 3 heteroatoms. The smallest absolute Gasteiger partial charge is 0.251 e. The fraction of sp³-hybridized carbons (Fsp3) is 0.500. The maximum absolute atomic E-state index is 11.9. The predicted molar refractivity (Wildman–Crippen MR) is 71.2 cm³/mol. The quantitative estimate of drug-likeness (QED) is 0.818. The van der Waals surface area contributed by atoms with E-state index in [-0.39, 0.29) is 11.9 Å². The highest BCUT2D eigenvalue weighted by Gasteiger charge is 2.11. The minimum absolute atomic E-state index is 0.00487. The highest BCUT2D eigenvalue weighted by Crippen LogP contribution is 1.99. The van der Waals surface area contributed by atoms with Gasteiger partial charge in [0.15, 0.2) is 0 Å². The van der Waals surface area contributed by atoms with Gasteiger partial charge < -0.3 is 10.2 Å². The molecule has 0 radical (unpaired) electrons. The first-order chi connectivity index (χ1) is 8.17. The SMILES string of the molecule is CCN(CC)CC(C)NC(=O)c1ccccc1. The van der Waals surface area contributed by atoms with Crippen LogP contribution in [0.5, 0.6) is 0 Å². The van der Waals surface area contributed by atoms with Crippen LogP contribution in [0.15, 0.2) is 30.3 Å². The molecule has 0 saturated carbocycles. The van der Waals surface area contributed by atoms with E-state index in [0.29, 0.717) is 0 Å². The molecule has 0 aliphatic heterocycles. The molecule has 94 valence electrons. The van der Waals surface area contributed by atoms with Gasteiger partial charge >= 0.3 is 0 Å². The molecule has 17 heavy (non-hydrogen) atoms. The summed E-state index contributed by atoms with van der Waals surface area (Å²) >= 11 is 0. The molecule has 0 bridgehead atoms. The van der Waals surface area contributed by atoms with Crippen molar-refractivity contribution in [3.8, 4) is 0 Å². The number of carbonyl (C=O) groups is 1. The predicted octanol–water partition coefficient (Wildman–Crippen LogP) is 2.15. The van der Waals surface area contributed by atoms with Gasteiger partial charge in [0.05, 0.1) is 0 Å². The van der Waals surface area contributed by atoms with Crippen LogP contribution in [0.3, 0.4) is 0 Å². The Bertz CT molecular complexity index is 333. The molecule has 3 nitrogen and oxygen atoms in total. The lowest BCUT2D eigenvalue weighted by molar-refractivity contribution is 0.0930. The number of nitrogens with zero attached hydrogens (tertiary/aromatic N) is 1. The molecule has 1 amide bonds. The number of benzene rings is 1. The molecule has 0 saturated heterocycles. The monoisotopic (exact) mass is 234 g/mol. The van der Waals surface area contributed by atoms with Gasteiger partial charge in [-0.3, -0.25) is 4.79 Å². The van der Waals surface area contributed by atoms with Gasteiger partial charge in [-0.25, -0.2) is 0 Å². The van der Waals surface area contributed by atoms with Crippen LogP contribution >= 0.6 is 0 Å². The average molecular weight is 234 g/mol. The normalized spacial score (nSPS) is 12.5. The second kappa shape index (κ2) is 7.07. The molecule has 1 rings (SSSR count). The molecule has 1 aromatic rings. The molecule has 0 aliphatic carbocycles. The van der Waals surface area contributed by atoms with Gasteiger partial charge in [0.2, 0.25) is 0 Å². The lowest BCUT2D eigenvalue weighted by Crippen LogP contribution is -2.41. The maximum atomic E-state index is 11.9. The molecule has 0 spiro atoms. The summed E-state index contributed by atoms with van der Waals surface area (Å²) in [5.41, 5.74) is 0.721. The first kappa shape index (κ1) is 13.7. The zero-order chi connectivity index (χ0) is 12.7. The Kier molecular flexibility index (Phi) is 5.70. The Morgan fingerprint density at radius 3 is 2.35 bits per heavy atom. The Balaban J connectivity index is 2.46. The van der Waals surface area contributed by atoms with Crippen LogP contribution < -0.4 is 5.32 Å². The van der Waals surface area contributed by atoms with E-state index in [1.54, 1.807) is 0 Å². The van der Waals surface area contributed by atoms with Crippen LogP contribution in [0.2, 0.25) is 0 Å². The van der Waals surface area contributed by atoms with Gasteiger partial charge in [-0.15, -0.1) is 0 Å². The highest BCUT2D eigenvalue weighted by atomic mass is 16.1. The molecule has 1 aromatic carbocycles. The minimum atomic E-state index is 0.00487. The van der Waals surface area contributed by atoms with Gasteiger partial charge in [-0.05, 0) is 32.1 Å². The number of nitrogens with one attached hydrogen (secondary N) is 1. The van der Waals surface area contributed by atoms with E-state index in [9.17, 15) is 4.79 Å². The summed E-state index contributed by atoms with van der Waals surface area (Å²) in [6.07, 6.45) is 0. The summed E-state index contributed by atoms with van der Waals surface area (Å²) in [5.74, 6) is 0.00487. The molecule has 1 unspecified atom stereocenters. The van der Waals surface area contributed by atoms with Gasteiger partial charge in [0, 0.05) is 18.2 Å². The number of likely N-dealkylation sites (N-methyl/N-ethyl adjacent to an activating group) is 1. The summed E-state index contributed by atoms with van der Waals surface area (Å²) in [6.45, 7) is 9.24. The maximum Gasteiger partial charge on any atom is 0.251 e. The Labute approximate surface area is 104 Å². The second-order valence-electron chi connectivity index (χ2n) is 4.23. The van der Waals surface area contributed by atoms with Crippen LogP contribution in [0, 0.1) is 0 Å². The summed E-state index contributed by atoms with van der Waals surface area (Å²) in [4.78, 5) is 14.2. The van der Waals surface area contributed by atoms with E-state index in [1.165, 1.54) is 0 Å². The molecule has 0 fully saturated rings. The summed E-state index contributed by atoms with van der Waals surface area (Å²) < 4.78 is 0. The van der Waals surface area contributed by atoms with Crippen molar-refractivity contribution in [1.29, 1.82) is 0 Å². The van der Waals surface area contributed by atoms with Crippen molar-refractivity contribution in [1.82, 2.24) is 10.2 Å². The largest absolute Gasteiger partial charge is 0.348 e. The Hall–Kier alpha value is -1.35. The van der Waals surface area contributed by atoms with Crippen molar-refractivity contribution in [2.75, 3.05) is 19.6 Å². The number of hydrogen-bond acceptors (Lipinski definition) is 2. The third-order valence-electron chi connectivity index (χ3n) is 2.84. The Morgan fingerprint density at radius 1 is 1.24 bits per heavy atom. The number of rotatable bonds is 6. The summed E-state index contributed by atoms with van der Waals surface area (Å²) in [5, 5.41) is 3.01. The van der Waals surface area contributed by atoms with E-state index < -0.39 is 0 Å². The number of amides is 1. The fourth-order valence-corrected chi connectivity index (χ4v) is 1.81. The molecule has 0 heterocycles. The molecule has 0 aromatic heterocycles. The third kappa shape index (κ3) is 4.57. The van der Waals surface area contributed by atoms with E-state index in [2.05, 4.69) is 24.1 Å². The van der Waals surface area contributed by atoms with Crippen LogP contribution in [-0.4, -0.2) is 36.5 Å². The highest BCUT2D eigenvalue weighted by molar-refractivity contribution is 5.94. The van der Waals surface area contributed by atoms with Crippen molar-refractivity contribution >= 4 is 5.91 Å². The van der Waals surface area contributed by atoms with Crippen LogP contribution in [0.1, 0.15) is 31.1 Å². The molecular formula is C14H22N2O. The van der Waals surface area contributed by atoms with E-state index in [0.717, 1.165) is 25.2 Å². The van der Waals surface area contributed by atoms with Crippen LogP contribution in [0.4, 0.5) is 0 Å². The number of hydrogen-bond donors (Lipinski definition) is 1. The first-order valence-corrected chi connectivity index (χ1v) is 6.25. The van der Waals surface area contributed by atoms with Crippen molar-refractivity contribution in [2.45, 2.75) is 26.8 Å². The Morgan fingerprint density at radius 2 is 1.82 bits per heavy atom. The van der Waals surface area contributed by atoms with Crippen molar-refractivity contribution in [3.63, 3.8) is 0 Å².